The van der Waals surface area contributed by atoms with Crippen LogP contribution in [0.4, 0.5) is 0 Å². The van der Waals surface area contributed by atoms with Crippen LogP contribution in [-0.4, -0.2) is 56.3 Å². The molecule has 0 aromatic heterocycles. The first kappa shape index (κ1) is 21.3. The number of guanidine groups is 1. The van der Waals surface area contributed by atoms with Gasteiger partial charge in [0.2, 0.25) is 0 Å². The number of aliphatic imine (C=N–C) groups is 1. The summed E-state index contributed by atoms with van der Waals surface area (Å²) in [5, 5.41) is 3.38. The number of benzene rings is 1. The van der Waals surface area contributed by atoms with E-state index in [1.807, 2.05) is 6.92 Å². The zero-order chi connectivity index (χ0) is 20.8. The van der Waals surface area contributed by atoms with Crippen LogP contribution in [0.1, 0.15) is 44.7 Å². The van der Waals surface area contributed by atoms with E-state index >= 15 is 0 Å². The Morgan fingerprint density at radius 2 is 2.07 bits per heavy atom. The molecular weight excluding hydrogens is 370 g/mol. The molecule has 1 fully saturated rings. The van der Waals surface area contributed by atoms with Gasteiger partial charge in [-0.25, -0.2) is 4.99 Å². The van der Waals surface area contributed by atoms with Gasteiger partial charge in [-0.05, 0) is 45.7 Å². The largest absolute Gasteiger partial charge is 0.494 e. The Labute approximate surface area is 173 Å². The summed E-state index contributed by atoms with van der Waals surface area (Å²) in [5.41, 5.74) is 2.23. The third kappa shape index (κ3) is 5.14. The maximum Gasteiger partial charge on any atom is 0.308 e. The lowest BCUT2D eigenvalue weighted by Gasteiger charge is -2.33. The smallest absolute Gasteiger partial charge is 0.308 e. The van der Waals surface area contributed by atoms with Gasteiger partial charge >= 0.3 is 5.97 Å². The molecule has 1 aromatic rings. The summed E-state index contributed by atoms with van der Waals surface area (Å²) in [7, 11) is 1.46. The van der Waals surface area contributed by atoms with Gasteiger partial charge in [-0.1, -0.05) is 0 Å². The Balaban J connectivity index is 1.74. The lowest BCUT2D eigenvalue weighted by Crippen LogP contribution is -2.46. The molecule has 3 rings (SSSR count). The van der Waals surface area contributed by atoms with Gasteiger partial charge in [-0.3, -0.25) is 4.79 Å². The second-order valence-corrected chi connectivity index (χ2v) is 7.59. The minimum absolute atomic E-state index is 0.0143. The van der Waals surface area contributed by atoms with Gasteiger partial charge in [0.05, 0.1) is 26.2 Å². The molecule has 0 radical (unpaired) electrons. The molecule has 2 aliphatic heterocycles. The second-order valence-electron chi connectivity index (χ2n) is 7.59. The van der Waals surface area contributed by atoms with Crippen LogP contribution in [0.5, 0.6) is 11.5 Å². The third-order valence-corrected chi connectivity index (χ3v) is 5.44. The standard InChI is InChI=1S/C22H33N3O4/c1-5-23-22(25-9-7-16(8-10-25)21(26)27-4)24-14-18-13-20-17(11-15(3)29-20)12-19(18)28-6-2/h12-13,15-16H,5-11,14H2,1-4H3,(H,23,24). The topological polar surface area (TPSA) is 72.4 Å². The van der Waals surface area contributed by atoms with Crippen molar-refractivity contribution in [3.8, 4) is 11.5 Å². The van der Waals surface area contributed by atoms with E-state index in [2.05, 4.69) is 36.2 Å². The average molecular weight is 404 g/mol. The predicted molar refractivity (Wildman–Crippen MR) is 113 cm³/mol. The number of hydrogen-bond donors (Lipinski definition) is 1. The van der Waals surface area contributed by atoms with Gasteiger partial charge in [0.1, 0.15) is 17.6 Å². The first-order valence-electron chi connectivity index (χ1n) is 10.6. The van der Waals surface area contributed by atoms with Crippen LogP contribution in [0, 0.1) is 5.92 Å². The summed E-state index contributed by atoms with van der Waals surface area (Å²) in [6, 6.07) is 4.17. The fourth-order valence-corrected chi connectivity index (χ4v) is 3.97. The molecule has 1 atom stereocenters. The maximum absolute atomic E-state index is 11.8. The quantitative estimate of drug-likeness (QED) is 0.447. The summed E-state index contributed by atoms with van der Waals surface area (Å²) in [6.45, 7) is 9.64. The van der Waals surface area contributed by atoms with Crippen molar-refractivity contribution in [1.82, 2.24) is 10.2 Å². The van der Waals surface area contributed by atoms with Gasteiger partial charge in [0.15, 0.2) is 5.96 Å². The number of hydrogen-bond acceptors (Lipinski definition) is 5. The van der Waals surface area contributed by atoms with Gasteiger partial charge < -0.3 is 24.4 Å². The van der Waals surface area contributed by atoms with E-state index in [0.717, 1.165) is 61.9 Å². The van der Waals surface area contributed by atoms with Crippen LogP contribution >= 0.6 is 0 Å². The summed E-state index contributed by atoms with van der Waals surface area (Å²) in [5.74, 6) is 2.57. The average Bonchev–Trinajstić information content (AvgIpc) is 3.09. The minimum atomic E-state index is -0.111. The molecule has 7 heteroatoms. The van der Waals surface area contributed by atoms with Crippen molar-refractivity contribution in [3.05, 3.63) is 23.3 Å². The number of carbonyl (C=O) groups excluding carboxylic acids is 1. The van der Waals surface area contributed by atoms with Crippen LogP contribution < -0.4 is 14.8 Å². The van der Waals surface area contributed by atoms with E-state index in [0.29, 0.717) is 13.2 Å². The second kappa shape index (κ2) is 9.85. The monoisotopic (exact) mass is 403 g/mol. The molecule has 160 valence electrons. The Kier molecular flexibility index (Phi) is 7.23. The zero-order valence-electron chi connectivity index (χ0n) is 18.0. The number of methoxy groups -OCH3 is 1. The summed E-state index contributed by atoms with van der Waals surface area (Å²) in [4.78, 5) is 18.9. The van der Waals surface area contributed by atoms with Gasteiger partial charge in [-0.15, -0.1) is 0 Å². The van der Waals surface area contributed by atoms with Gasteiger partial charge in [0, 0.05) is 37.2 Å². The third-order valence-electron chi connectivity index (χ3n) is 5.44. The van der Waals surface area contributed by atoms with E-state index in [-0.39, 0.29) is 18.0 Å². The molecular formula is C22H33N3O4. The van der Waals surface area contributed by atoms with Crippen LogP contribution in [0.2, 0.25) is 0 Å². The maximum atomic E-state index is 11.8. The van der Waals surface area contributed by atoms with E-state index in [1.54, 1.807) is 0 Å². The van der Waals surface area contributed by atoms with Gasteiger partial charge in [-0.2, -0.15) is 0 Å². The predicted octanol–water partition coefficient (Wildman–Crippen LogP) is 2.76. The molecule has 0 aliphatic carbocycles. The number of esters is 1. The fraction of sp³-hybridized carbons (Fsp3) is 0.636. The molecule has 2 heterocycles. The summed E-state index contributed by atoms with van der Waals surface area (Å²) < 4.78 is 16.7. The van der Waals surface area contributed by atoms with Crippen LogP contribution in [0.3, 0.4) is 0 Å². The highest BCUT2D eigenvalue weighted by atomic mass is 16.5. The highest BCUT2D eigenvalue weighted by Crippen LogP contribution is 2.35. The van der Waals surface area contributed by atoms with Gasteiger partial charge in [0.25, 0.3) is 0 Å². The Morgan fingerprint density at radius 3 is 2.72 bits per heavy atom. The molecule has 29 heavy (non-hydrogen) atoms. The number of carbonyl (C=O) groups is 1. The van der Waals surface area contributed by atoms with Crippen LogP contribution in [0.15, 0.2) is 17.1 Å². The Bertz CT molecular complexity index is 742. The SMILES string of the molecule is CCNC(=NCc1cc2c(cc1OCC)CC(C)O2)N1CCC(C(=O)OC)CC1. The highest BCUT2D eigenvalue weighted by Gasteiger charge is 2.27. The number of ether oxygens (including phenoxy) is 3. The van der Waals surface area contributed by atoms with Crippen molar-refractivity contribution in [2.24, 2.45) is 10.9 Å². The molecule has 1 saturated heterocycles. The van der Waals surface area contributed by atoms with Crippen LogP contribution in [0.25, 0.3) is 0 Å². The first-order chi connectivity index (χ1) is 14.0. The molecule has 7 nitrogen and oxygen atoms in total. The molecule has 0 saturated carbocycles. The lowest BCUT2D eigenvalue weighted by molar-refractivity contribution is -0.146. The number of rotatable bonds is 6. The normalized spacial score (nSPS) is 19.5. The molecule has 1 aromatic carbocycles. The summed E-state index contributed by atoms with van der Waals surface area (Å²) >= 11 is 0. The lowest BCUT2D eigenvalue weighted by atomic mass is 9.97. The Morgan fingerprint density at radius 1 is 1.31 bits per heavy atom. The number of nitrogens with one attached hydrogen (secondary N) is 1. The zero-order valence-corrected chi connectivity index (χ0v) is 18.0. The molecule has 1 unspecified atom stereocenters. The number of nitrogens with zero attached hydrogens (tertiary/aromatic N) is 2. The van der Waals surface area contributed by atoms with E-state index in [4.69, 9.17) is 19.2 Å². The number of fused-ring (bicyclic) bond motifs is 1. The first-order valence-corrected chi connectivity index (χ1v) is 10.6. The fourth-order valence-electron chi connectivity index (χ4n) is 3.97. The van der Waals surface area contributed by atoms with Crippen molar-refractivity contribution < 1.29 is 19.0 Å². The van der Waals surface area contributed by atoms with Crippen molar-refractivity contribution >= 4 is 11.9 Å². The van der Waals surface area contributed by atoms with Crippen molar-refractivity contribution in [2.45, 2.75) is 52.7 Å². The van der Waals surface area contributed by atoms with Crippen molar-refractivity contribution in [3.63, 3.8) is 0 Å². The molecule has 1 N–H and O–H groups in total. The number of piperidine rings is 1. The highest BCUT2D eigenvalue weighted by molar-refractivity contribution is 5.80. The van der Waals surface area contributed by atoms with E-state index < -0.39 is 0 Å². The molecule has 2 aliphatic rings. The van der Waals surface area contributed by atoms with E-state index in [9.17, 15) is 4.79 Å². The van der Waals surface area contributed by atoms with Crippen molar-refractivity contribution in [2.75, 3.05) is 33.4 Å². The summed E-state index contributed by atoms with van der Waals surface area (Å²) in [6.07, 6.45) is 2.68. The van der Waals surface area contributed by atoms with Crippen molar-refractivity contribution in [1.29, 1.82) is 0 Å². The number of likely N-dealkylation sites (tertiary alicyclic amines) is 1. The molecule has 0 bridgehead atoms. The Hall–Kier alpha value is -2.44. The molecule has 0 spiro atoms. The van der Waals surface area contributed by atoms with Crippen LogP contribution in [-0.2, 0) is 22.5 Å². The minimum Gasteiger partial charge on any atom is -0.494 e. The molecule has 0 amide bonds. The van der Waals surface area contributed by atoms with E-state index in [1.165, 1.54) is 12.7 Å².